The van der Waals surface area contributed by atoms with E-state index >= 15 is 0 Å². The van der Waals surface area contributed by atoms with Crippen LogP contribution in [0.5, 0.6) is 0 Å². The smallest absolute Gasteiger partial charge is 0.240 e. The molecule has 118 valence electrons. The zero-order chi connectivity index (χ0) is 15.8. The Kier molecular flexibility index (Phi) is 3.31. The highest BCUT2D eigenvalue weighted by Crippen LogP contribution is 2.41. The van der Waals surface area contributed by atoms with Gasteiger partial charge in [0.1, 0.15) is 6.61 Å². The summed E-state index contributed by atoms with van der Waals surface area (Å²) in [5.41, 5.74) is 10.3. The van der Waals surface area contributed by atoms with Crippen LogP contribution in [-0.4, -0.2) is 32.4 Å². The van der Waals surface area contributed by atoms with Crippen molar-refractivity contribution in [3.05, 3.63) is 42.5 Å². The molecule has 0 spiro atoms. The maximum atomic E-state index is 5.80. The van der Waals surface area contributed by atoms with Gasteiger partial charge in [0.25, 0.3) is 0 Å². The average molecular weight is 310 g/mol. The van der Waals surface area contributed by atoms with E-state index in [0.29, 0.717) is 19.1 Å². The van der Waals surface area contributed by atoms with Gasteiger partial charge < -0.3 is 25.4 Å². The Bertz CT molecular complexity index is 758. The lowest BCUT2D eigenvalue weighted by Crippen LogP contribution is -2.47. The van der Waals surface area contributed by atoms with Crippen molar-refractivity contribution in [1.82, 2.24) is 0 Å². The van der Waals surface area contributed by atoms with Crippen molar-refractivity contribution in [2.24, 2.45) is 4.99 Å². The summed E-state index contributed by atoms with van der Waals surface area (Å²) < 4.78 is 11.4. The van der Waals surface area contributed by atoms with Gasteiger partial charge in [0.2, 0.25) is 12.1 Å². The third-order valence-corrected chi connectivity index (χ3v) is 3.96. The normalized spacial score (nSPS) is 19.3. The summed E-state index contributed by atoms with van der Waals surface area (Å²) in [5, 5.41) is 3.42. The summed E-state index contributed by atoms with van der Waals surface area (Å²) in [7, 11) is 1.99. The maximum absolute atomic E-state index is 5.80. The number of anilines is 4. The van der Waals surface area contributed by atoms with Gasteiger partial charge in [-0.25, -0.2) is 4.99 Å². The van der Waals surface area contributed by atoms with Gasteiger partial charge in [0.05, 0.1) is 23.7 Å². The van der Waals surface area contributed by atoms with Crippen LogP contribution in [0.15, 0.2) is 47.5 Å². The van der Waals surface area contributed by atoms with Gasteiger partial charge in [-0.2, -0.15) is 0 Å². The number of para-hydroxylation sites is 1. The summed E-state index contributed by atoms with van der Waals surface area (Å²) in [5.74, 6) is 0.621. The third kappa shape index (κ3) is 2.47. The predicted octanol–water partition coefficient (Wildman–Crippen LogP) is 2.87. The quantitative estimate of drug-likeness (QED) is 0.835. The molecular weight excluding hydrogens is 292 g/mol. The summed E-state index contributed by atoms with van der Waals surface area (Å²) in [6.45, 7) is 1.11. The second-order valence-corrected chi connectivity index (χ2v) is 5.55. The van der Waals surface area contributed by atoms with Crippen LogP contribution in [0.25, 0.3) is 0 Å². The monoisotopic (exact) mass is 310 g/mol. The van der Waals surface area contributed by atoms with E-state index in [0.717, 1.165) is 28.4 Å². The van der Waals surface area contributed by atoms with Crippen LogP contribution in [0.4, 0.5) is 28.4 Å². The second-order valence-electron chi connectivity index (χ2n) is 5.55. The molecule has 4 rings (SSSR count). The molecule has 0 aliphatic carbocycles. The number of ether oxygens (including phenoxy) is 2. The topological polar surface area (TPSA) is 72.1 Å². The van der Waals surface area contributed by atoms with Crippen LogP contribution in [0, 0.1) is 0 Å². The number of hydrogen-bond donors (Lipinski definition) is 2. The van der Waals surface area contributed by atoms with Crippen molar-refractivity contribution >= 4 is 34.3 Å². The molecule has 1 unspecified atom stereocenters. The number of nitrogen functional groups attached to an aromatic ring is 1. The molecule has 2 heterocycles. The Morgan fingerprint density at radius 3 is 2.83 bits per heavy atom. The van der Waals surface area contributed by atoms with Gasteiger partial charge in [0.15, 0.2) is 0 Å². The first-order chi connectivity index (χ1) is 11.2. The molecule has 0 bridgehead atoms. The molecule has 23 heavy (non-hydrogen) atoms. The highest BCUT2D eigenvalue weighted by atomic mass is 16.6. The Balaban J connectivity index is 1.73. The lowest BCUT2D eigenvalue weighted by atomic mass is 10.1. The fourth-order valence-corrected chi connectivity index (χ4v) is 2.86. The molecule has 0 amide bonds. The Morgan fingerprint density at radius 2 is 2.00 bits per heavy atom. The summed E-state index contributed by atoms with van der Waals surface area (Å²) >= 11 is 0. The molecular formula is C17H18N4O2. The minimum atomic E-state index is -0.273. The molecule has 6 heteroatoms. The van der Waals surface area contributed by atoms with E-state index in [4.69, 9.17) is 15.2 Å². The Labute approximate surface area is 134 Å². The number of benzene rings is 2. The number of hydrogen-bond acceptors (Lipinski definition) is 6. The zero-order valence-corrected chi connectivity index (χ0v) is 12.8. The van der Waals surface area contributed by atoms with Crippen molar-refractivity contribution in [3.8, 4) is 0 Å². The largest absolute Gasteiger partial charge is 0.475 e. The summed E-state index contributed by atoms with van der Waals surface area (Å²) in [6.07, 6.45) is -0.273. The fraction of sp³-hybridized carbons (Fsp3) is 0.235. The van der Waals surface area contributed by atoms with E-state index in [9.17, 15) is 0 Å². The van der Waals surface area contributed by atoms with Gasteiger partial charge in [-0.3, -0.25) is 0 Å². The van der Waals surface area contributed by atoms with Gasteiger partial charge in [-0.05, 0) is 36.4 Å². The average Bonchev–Trinajstić information content (AvgIpc) is 2.57. The van der Waals surface area contributed by atoms with E-state index in [1.807, 2.05) is 49.5 Å². The second kappa shape index (κ2) is 5.48. The van der Waals surface area contributed by atoms with Crippen molar-refractivity contribution < 1.29 is 9.47 Å². The molecule has 0 aromatic heterocycles. The molecule has 1 atom stereocenters. The number of nitrogens with one attached hydrogen (secondary N) is 1. The summed E-state index contributed by atoms with van der Waals surface area (Å²) in [6, 6.07) is 13.6. The van der Waals surface area contributed by atoms with Crippen LogP contribution in [-0.2, 0) is 9.47 Å². The molecule has 2 aromatic rings. The van der Waals surface area contributed by atoms with E-state index in [1.54, 1.807) is 0 Å². The van der Waals surface area contributed by atoms with E-state index in [1.165, 1.54) is 0 Å². The van der Waals surface area contributed by atoms with Crippen molar-refractivity contribution in [2.45, 2.75) is 6.23 Å². The highest BCUT2D eigenvalue weighted by molar-refractivity contribution is 5.97. The number of aliphatic imine (C=N–C) groups is 1. The highest BCUT2D eigenvalue weighted by Gasteiger charge is 2.33. The standard InChI is InChI=1S/C17H18N4O2/c1-21-15-13(19-12-7-5-11(18)6-8-12)3-2-4-14(15)20-16-17(21)23-10-9-22-16/h2-8,17,19H,9-10,18H2,1H3. The van der Waals surface area contributed by atoms with Crippen LogP contribution in [0.2, 0.25) is 0 Å². The molecule has 6 nitrogen and oxygen atoms in total. The van der Waals surface area contributed by atoms with E-state index in [-0.39, 0.29) is 6.23 Å². The molecule has 1 saturated heterocycles. The molecule has 2 aliphatic rings. The first kappa shape index (κ1) is 13.9. The van der Waals surface area contributed by atoms with Crippen molar-refractivity contribution in [3.63, 3.8) is 0 Å². The van der Waals surface area contributed by atoms with E-state index < -0.39 is 0 Å². The molecule has 2 aliphatic heterocycles. The third-order valence-electron chi connectivity index (χ3n) is 3.96. The van der Waals surface area contributed by atoms with Crippen molar-refractivity contribution in [2.75, 3.05) is 36.2 Å². The number of nitrogens with zero attached hydrogens (tertiary/aromatic N) is 2. The first-order valence-corrected chi connectivity index (χ1v) is 7.54. The van der Waals surface area contributed by atoms with Gasteiger partial charge >= 0.3 is 0 Å². The number of likely N-dealkylation sites (N-methyl/N-ethyl adjacent to an activating group) is 1. The zero-order valence-electron chi connectivity index (χ0n) is 12.8. The van der Waals surface area contributed by atoms with Gasteiger partial charge in [0, 0.05) is 18.4 Å². The van der Waals surface area contributed by atoms with Crippen LogP contribution in [0.3, 0.4) is 0 Å². The van der Waals surface area contributed by atoms with Crippen molar-refractivity contribution in [1.29, 1.82) is 0 Å². The minimum Gasteiger partial charge on any atom is -0.475 e. The number of rotatable bonds is 2. The molecule has 0 radical (unpaired) electrons. The van der Waals surface area contributed by atoms with Gasteiger partial charge in [-0.1, -0.05) is 6.07 Å². The Morgan fingerprint density at radius 1 is 1.17 bits per heavy atom. The fourth-order valence-electron chi connectivity index (χ4n) is 2.86. The van der Waals surface area contributed by atoms with E-state index in [2.05, 4.69) is 15.2 Å². The molecule has 2 aromatic carbocycles. The Hall–Kier alpha value is -2.73. The van der Waals surface area contributed by atoms with Crippen LogP contribution >= 0.6 is 0 Å². The lowest BCUT2D eigenvalue weighted by molar-refractivity contribution is 0.0153. The minimum absolute atomic E-state index is 0.273. The van der Waals surface area contributed by atoms with Crippen LogP contribution < -0.4 is 16.0 Å². The predicted molar refractivity (Wildman–Crippen MR) is 91.8 cm³/mol. The molecule has 0 saturated carbocycles. The molecule has 3 N–H and O–H groups in total. The first-order valence-electron chi connectivity index (χ1n) is 7.54. The van der Waals surface area contributed by atoms with Crippen LogP contribution in [0.1, 0.15) is 0 Å². The lowest BCUT2D eigenvalue weighted by Gasteiger charge is -2.38. The number of fused-ring (bicyclic) bond motifs is 2. The maximum Gasteiger partial charge on any atom is 0.240 e. The SMILES string of the molecule is CN1c2c(cccc2Nc2ccc(N)cc2)N=C2OCCOC21. The van der Waals surface area contributed by atoms with Gasteiger partial charge in [-0.15, -0.1) is 0 Å². The molecule has 1 fully saturated rings. The number of nitrogens with two attached hydrogens (primary N) is 1. The summed E-state index contributed by atoms with van der Waals surface area (Å²) in [4.78, 5) is 6.65.